The lowest BCUT2D eigenvalue weighted by atomic mass is 10.1. The van der Waals surface area contributed by atoms with Gasteiger partial charge in [0.1, 0.15) is 11.4 Å². The fourth-order valence-electron chi connectivity index (χ4n) is 3.27. The number of hydrogen-bond acceptors (Lipinski definition) is 4. The number of nitrogens with zero attached hydrogens (tertiary/aromatic N) is 4. The minimum atomic E-state index is 0.696. The van der Waals surface area contributed by atoms with Crippen LogP contribution in [0.5, 0.6) is 0 Å². The van der Waals surface area contributed by atoms with E-state index in [0.29, 0.717) is 5.02 Å². The van der Waals surface area contributed by atoms with Gasteiger partial charge in [-0.2, -0.15) is 5.10 Å². The summed E-state index contributed by atoms with van der Waals surface area (Å²) in [6.07, 6.45) is 3.43. The number of fused-ring (bicyclic) bond motifs is 2. The smallest absolute Gasteiger partial charge is 0.167 e. The normalized spacial score (nSPS) is 11.3. The predicted octanol–water partition coefficient (Wildman–Crippen LogP) is 5.91. The highest BCUT2D eigenvalue weighted by molar-refractivity contribution is 7.98. The molecule has 0 aliphatic rings. The number of hydrogen-bond donors (Lipinski definition) is 0. The molecule has 28 heavy (non-hydrogen) atoms. The molecule has 6 heteroatoms. The molecule has 2 heterocycles. The van der Waals surface area contributed by atoms with Crippen LogP contribution in [0.2, 0.25) is 5.02 Å². The summed E-state index contributed by atoms with van der Waals surface area (Å²) in [5, 5.41) is 9.62. The lowest BCUT2D eigenvalue weighted by Gasteiger charge is -2.07. The van der Waals surface area contributed by atoms with E-state index in [1.54, 1.807) is 18.1 Å². The molecule has 2 aromatic heterocycles. The van der Waals surface area contributed by atoms with Crippen LogP contribution in [0.25, 0.3) is 27.5 Å². The summed E-state index contributed by atoms with van der Waals surface area (Å²) in [5.41, 5.74) is 3.00. The molecule has 0 spiro atoms. The van der Waals surface area contributed by atoms with Gasteiger partial charge in [0.25, 0.3) is 0 Å². The number of rotatable bonds is 4. The van der Waals surface area contributed by atoms with Gasteiger partial charge in [-0.15, -0.1) is 11.8 Å². The van der Waals surface area contributed by atoms with Crippen LogP contribution in [-0.4, -0.2) is 19.7 Å². The summed E-state index contributed by atoms with van der Waals surface area (Å²) in [4.78, 5) is 8.95. The zero-order valence-electron chi connectivity index (χ0n) is 14.8. The highest BCUT2D eigenvalue weighted by atomic mass is 35.5. The highest BCUT2D eigenvalue weighted by Crippen LogP contribution is 2.30. The maximum absolute atomic E-state index is 6.00. The molecule has 136 valence electrons. The first-order chi connectivity index (χ1) is 13.8. The molecule has 0 aliphatic carbocycles. The molecule has 0 saturated carbocycles. The summed E-state index contributed by atoms with van der Waals surface area (Å²) < 4.78 is 1.81. The molecule has 0 bridgehead atoms. The third kappa shape index (κ3) is 3.13. The van der Waals surface area contributed by atoms with Gasteiger partial charge in [0.15, 0.2) is 5.65 Å². The number of aromatic nitrogens is 4. The first-order valence-corrected chi connectivity index (χ1v) is 10.2. The zero-order valence-corrected chi connectivity index (χ0v) is 16.4. The summed E-state index contributed by atoms with van der Waals surface area (Å²) in [6.45, 7) is 0. The van der Waals surface area contributed by atoms with E-state index < -0.39 is 0 Å². The van der Waals surface area contributed by atoms with Gasteiger partial charge in [0.2, 0.25) is 0 Å². The van der Waals surface area contributed by atoms with Crippen molar-refractivity contribution in [1.29, 1.82) is 0 Å². The molecule has 5 rings (SSSR count). The fraction of sp³-hybridized carbons (Fsp3) is 0.0455. The maximum atomic E-state index is 6.00. The van der Waals surface area contributed by atoms with Crippen LogP contribution in [0.4, 0.5) is 0 Å². The van der Waals surface area contributed by atoms with E-state index in [0.717, 1.165) is 27.5 Å². The van der Waals surface area contributed by atoms with Crippen molar-refractivity contribution in [3.8, 4) is 5.69 Å². The summed E-state index contributed by atoms with van der Waals surface area (Å²) in [6, 6.07) is 22.4. The SMILES string of the molecule is Clc1ccc(-n2ncc3c(SCc4cccc5ccccc45)ncnc32)cc1. The van der Waals surface area contributed by atoms with Crippen molar-refractivity contribution >= 4 is 45.2 Å². The van der Waals surface area contributed by atoms with Crippen molar-refractivity contribution in [3.63, 3.8) is 0 Å². The second-order valence-electron chi connectivity index (χ2n) is 6.38. The topological polar surface area (TPSA) is 43.6 Å². The predicted molar refractivity (Wildman–Crippen MR) is 115 cm³/mol. The molecule has 4 nitrogen and oxygen atoms in total. The summed E-state index contributed by atoms with van der Waals surface area (Å²) in [5.74, 6) is 0.833. The number of halogens is 1. The zero-order chi connectivity index (χ0) is 18.9. The lowest BCUT2D eigenvalue weighted by Crippen LogP contribution is -1.97. The second kappa shape index (κ2) is 7.26. The van der Waals surface area contributed by atoms with Crippen LogP contribution in [-0.2, 0) is 5.75 Å². The minimum absolute atomic E-state index is 0.696. The Labute approximate surface area is 171 Å². The Bertz CT molecular complexity index is 1280. The van der Waals surface area contributed by atoms with Gasteiger partial charge in [0, 0.05) is 10.8 Å². The van der Waals surface area contributed by atoms with E-state index in [4.69, 9.17) is 11.6 Å². The largest absolute Gasteiger partial charge is 0.229 e. The molecule has 0 N–H and O–H groups in total. The molecule has 0 amide bonds. The van der Waals surface area contributed by atoms with Gasteiger partial charge >= 0.3 is 0 Å². The van der Waals surface area contributed by atoms with Gasteiger partial charge < -0.3 is 0 Å². The molecule has 0 unspecified atom stereocenters. The van der Waals surface area contributed by atoms with Crippen LogP contribution >= 0.6 is 23.4 Å². The van der Waals surface area contributed by atoms with E-state index in [9.17, 15) is 0 Å². The Morgan fingerprint density at radius 3 is 2.57 bits per heavy atom. The molecule has 0 radical (unpaired) electrons. The van der Waals surface area contributed by atoms with Crippen molar-refractivity contribution in [1.82, 2.24) is 19.7 Å². The molecule has 0 fully saturated rings. The van der Waals surface area contributed by atoms with Gasteiger partial charge in [-0.1, -0.05) is 54.1 Å². The fourth-order valence-corrected chi connectivity index (χ4v) is 4.36. The first kappa shape index (κ1) is 17.2. The molecule has 3 aromatic carbocycles. The van der Waals surface area contributed by atoms with Gasteiger partial charge in [0.05, 0.1) is 17.3 Å². The Hall–Kier alpha value is -2.89. The van der Waals surface area contributed by atoms with E-state index in [1.165, 1.54) is 16.3 Å². The third-order valence-corrected chi connectivity index (χ3v) is 5.95. The van der Waals surface area contributed by atoms with Crippen LogP contribution in [0, 0.1) is 0 Å². The number of benzene rings is 3. The third-order valence-electron chi connectivity index (χ3n) is 4.64. The molecular weight excluding hydrogens is 388 g/mol. The van der Waals surface area contributed by atoms with Crippen LogP contribution < -0.4 is 0 Å². The average Bonchev–Trinajstić information content (AvgIpc) is 3.17. The second-order valence-corrected chi connectivity index (χ2v) is 7.78. The molecule has 0 saturated heterocycles. The molecule has 0 atom stereocenters. The van der Waals surface area contributed by atoms with Crippen molar-refractivity contribution in [2.45, 2.75) is 10.8 Å². The Morgan fingerprint density at radius 2 is 1.68 bits per heavy atom. The lowest BCUT2D eigenvalue weighted by molar-refractivity contribution is 0.893. The number of thioether (sulfide) groups is 1. The molecular formula is C22H15ClN4S. The summed E-state index contributed by atoms with van der Waals surface area (Å²) >= 11 is 7.70. The maximum Gasteiger partial charge on any atom is 0.167 e. The molecule has 0 aliphatic heterocycles. The van der Waals surface area contributed by atoms with Crippen molar-refractivity contribution in [3.05, 3.63) is 89.8 Å². The minimum Gasteiger partial charge on any atom is -0.229 e. The van der Waals surface area contributed by atoms with Crippen molar-refractivity contribution in [2.75, 3.05) is 0 Å². The quantitative estimate of drug-likeness (QED) is 0.276. The van der Waals surface area contributed by atoms with Gasteiger partial charge in [-0.05, 0) is 40.6 Å². The van der Waals surface area contributed by atoms with Crippen molar-refractivity contribution < 1.29 is 0 Å². The van der Waals surface area contributed by atoms with Crippen molar-refractivity contribution in [2.24, 2.45) is 0 Å². The Kier molecular flexibility index (Phi) is 4.47. The summed E-state index contributed by atoms with van der Waals surface area (Å²) in [7, 11) is 0. The monoisotopic (exact) mass is 402 g/mol. The van der Waals surface area contributed by atoms with Crippen LogP contribution in [0.1, 0.15) is 5.56 Å². The average molecular weight is 403 g/mol. The highest BCUT2D eigenvalue weighted by Gasteiger charge is 2.12. The molecule has 5 aromatic rings. The van der Waals surface area contributed by atoms with E-state index in [-0.39, 0.29) is 0 Å². The van der Waals surface area contributed by atoms with E-state index in [1.807, 2.05) is 35.1 Å². The first-order valence-electron chi connectivity index (χ1n) is 8.84. The van der Waals surface area contributed by atoms with E-state index >= 15 is 0 Å². The van der Waals surface area contributed by atoms with Gasteiger partial charge in [-0.25, -0.2) is 14.6 Å². The Morgan fingerprint density at radius 1 is 0.857 bits per heavy atom. The van der Waals surface area contributed by atoms with E-state index in [2.05, 4.69) is 57.5 Å². The van der Waals surface area contributed by atoms with Crippen LogP contribution in [0.15, 0.2) is 84.3 Å². The van der Waals surface area contributed by atoms with Gasteiger partial charge in [-0.3, -0.25) is 0 Å². The van der Waals surface area contributed by atoms with Crippen LogP contribution in [0.3, 0.4) is 0 Å². The Balaban J connectivity index is 1.49. The standard InChI is InChI=1S/C22H15ClN4S/c23-17-8-10-18(11-9-17)27-21-20(12-26-27)22(25-14-24-21)28-13-16-6-3-5-15-4-1-2-7-19(15)16/h1-12,14H,13H2.